The van der Waals surface area contributed by atoms with Crippen molar-refractivity contribution in [1.82, 2.24) is 24.3 Å². The third kappa shape index (κ3) is 4.17. The Hall–Kier alpha value is -3.59. The molecule has 1 aromatic carbocycles. The van der Waals surface area contributed by atoms with E-state index in [1.165, 1.54) is 25.5 Å². The normalized spacial score (nSPS) is 20.8. The molecule has 0 radical (unpaired) electrons. The number of benzene rings is 1. The second kappa shape index (κ2) is 8.81. The van der Waals surface area contributed by atoms with E-state index in [0.29, 0.717) is 40.1 Å². The summed E-state index contributed by atoms with van der Waals surface area (Å²) in [5.41, 5.74) is 3.90. The van der Waals surface area contributed by atoms with Crippen molar-refractivity contribution in [2.45, 2.75) is 45.7 Å². The summed E-state index contributed by atoms with van der Waals surface area (Å²) in [5, 5.41) is 2.82. The Bertz CT molecular complexity index is 1450. The van der Waals surface area contributed by atoms with Gasteiger partial charge in [-0.2, -0.15) is 0 Å². The van der Waals surface area contributed by atoms with Gasteiger partial charge in [-0.15, -0.1) is 0 Å². The standard InChI is InChI=1S/C27H30FN7O/c1-16-11-34-15-20(10-22(28)26(34)31-16)32-27(36)21-6-7-23(25-24(21)29-8-9-30-25)33-12-17(2)35(18(3)13-33)14-19-4-5-19/h6-11,15,17-19H,4-5,12-14H2,1-3H3,(H,32,36). The summed E-state index contributed by atoms with van der Waals surface area (Å²) in [6.07, 6.45) is 9.34. The molecule has 6 rings (SSSR count). The van der Waals surface area contributed by atoms with E-state index in [4.69, 9.17) is 0 Å². The molecule has 36 heavy (non-hydrogen) atoms. The minimum absolute atomic E-state index is 0.229. The van der Waals surface area contributed by atoms with Crippen molar-refractivity contribution >= 4 is 34.0 Å². The number of hydrogen-bond acceptors (Lipinski definition) is 6. The molecule has 9 heteroatoms. The third-order valence-corrected chi connectivity index (χ3v) is 7.34. The molecule has 4 aromatic rings. The van der Waals surface area contributed by atoms with Crippen LogP contribution in [-0.4, -0.2) is 61.9 Å². The fraction of sp³-hybridized carbons (Fsp3) is 0.407. The average molecular weight is 488 g/mol. The third-order valence-electron chi connectivity index (χ3n) is 7.34. The quantitative estimate of drug-likeness (QED) is 0.453. The van der Waals surface area contributed by atoms with Crippen LogP contribution in [0.1, 0.15) is 42.7 Å². The number of pyridine rings is 1. The van der Waals surface area contributed by atoms with Gasteiger partial charge in [0.1, 0.15) is 11.0 Å². The van der Waals surface area contributed by atoms with Gasteiger partial charge in [-0.05, 0) is 51.7 Å². The predicted octanol–water partition coefficient (Wildman–Crippen LogP) is 4.29. The Balaban J connectivity index is 1.29. The van der Waals surface area contributed by atoms with Crippen molar-refractivity contribution in [1.29, 1.82) is 0 Å². The molecule has 2 fully saturated rings. The summed E-state index contributed by atoms with van der Waals surface area (Å²) in [4.78, 5) is 31.6. The van der Waals surface area contributed by atoms with Crippen LogP contribution in [-0.2, 0) is 0 Å². The van der Waals surface area contributed by atoms with Gasteiger partial charge in [0.25, 0.3) is 5.91 Å². The van der Waals surface area contributed by atoms with Crippen LogP contribution in [0.2, 0.25) is 0 Å². The number of amides is 1. The van der Waals surface area contributed by atoms with Gasteiger partial charge in [0.15, 0.2) is 11.5 Å². The lowest BCUT2D eigenvalue weighted by Crippen LogP contribution is -2.57. The maximum Gasteiger partial charge on any atom is 0.257 e. The first-order chi connectivity index (χ1) is 17.4. The van der Waals surface area contributed by atoms with Crippen molar-refractivity contribution < 1.29 is 9.18 Å². The van der Waals surface area contributed by atoms with Crippen molar-refractivity contribution in [3.63, 3.8) is 0 Å². The Morgan fingerprint density at radius 2 is 1.81 bits per heavy atom. The van der Waals surface area contributed by atoms with Crippen LogP contribution >= 0.6 is 0 Å². The number of hydrogen-bond donors (Lipinski definition) is 1. The first-order valence-corrected chi connectivity index (χ1v) is 12.6. The highest BCUT2D eigenvalue weighted by molar-refractivity contribution is 6.13. The van der Waals surface area contributed by atoms with Crippen LogP contribution in [0.15, 0.2) is 43.0 Å². The van der Waals surface area contributed by atoms with Gasteiger partial charge in [0, 0.05) is 62.6 Å². The Labute approximate surface area is 209 Å². The zero-order valence-electron chi connectivity index (χ0n) is 20.8. The van der Waals surface area contributed by atoms with E-state index in [0.717, 1.165) is 24.7 Å². The zero-order valence-corrected chi connectivity index (χ0v) is 20.8. The lowest BCUT2D eigenvalue weighted by Gasteiger charge is -2.45. The number of imidazole rings is 1. The molecule has 4 heterocycles. The molecule has 0 spiro atoms. The molecule has 1 saturated carbocycles. The first-order valence-electron chi connectivity index (χ1n) is 12.6. The minimum atomic E-state index is -0.495. The van der Waals surface area contributed by atoms with Crippen molar-refractivity contribution in [2.24, 2.45) is 5.92 Å². The van der Waals surface area contributed by atoms with E-state index in [2.05, 4.69) is 43.9 Å². The summed E-state index contributed by atoms with van der Waals surface area (Å²) in [5.74, 6) is 0.00141. The Morgan fingerprint density at radius 3 is 2.53 bits per heavy atom. The summed E-state index contributed by atoms with van der Waals surface area (Å²) in [6, 6.07) is 5.90. The molecule has 1 amide bonds. The van der Waals surface area contributed by atoms with Gasteiger partial charge >= 0.3 is 0 Å². The molecule has 1 aliphatic carbocycles. The highest BCUT2D eigenvalue weighted by Crippen LogP contribution is 2.34. The number of anilines is 2. The lowest BCUT2D eigenvalue weighted by molar-refractivity contribution is 0.102. The number of carbonyl (C=O) groups excluding carboxylic acids is 1. The number of fused-ring (bicyclic) bond motifs is 2. The van der Waals surface area contributed by atoms with Gasteiger partial charge in [0.2, 0.25) is 0 Å². The van der Waals surface area contributed by atoms with Crippen LogP contribution in [0.5, 0.6) is 0 Å². The van der Waals surface area contributed by atoms with Crippen LogP contribution < -0.4 is 10.2 Å². The number of aryl methyl sites for hydroxylation is 1. The summed E-state index contributed by atoms with van der Waals surface area (Å²) < 4.78 is 16.1. The van der Waals surface area contributed by atoms with Crippen LogP contribution in [0, 0.1) is 18.7 Å². The maximum absolute atomic E-state index is 14.5. The maximum atomic E-state index is 14.5. The number of halogens is 1. The topological polar surface area (TPSA) is 78.7 Å². The van der Waals surface area contributed by atoms with Gasteiger partial charge in [-0.25, -0.2) is 9.37 Å². The lowest BCUT2D eigenvalue weighted by atomic mass is 10.0. The van der Waals surface area contributed by atoms with Gasteiger partial charge in [-0.1, -0.05) is 0 Å². The second-order valence-corrected chi connectivity index (χ2v) is 10.3. The van der Waals surface area contributed by atoms with Crippen molar-refractivity contribution in [3.05, 3.63) is 60.1 Å². The highest BCUT2D eigenvalue weighted by Gasteiger charge is 2.34. The molecule has 1 aliphatic heterocycles. The summed E-state index contributed by atoms with van der Waals surface area (Å²) in [7, 11) is 0. The zero-order chi connectivity index (χ0) is 25.0. The predicted molar refractivity (Wildman–Crippen MR) is 138 cm³/mol. The molecule has 3 aromatic heterocycles. The molecule has 0 bridgehead atoms. The monoisotopic (exact) mass is 487 g/mol. The number of piperazine rings is 1. The van der Waals surface area contributed by atoms with Gasteiger partial charge in [0.05, 0.1) is 22.6 Å². The van der Waals surface area contributed by atoms with E-state index in [9.17, 15) is 9.18 Å². The number of nitrogens with one attached hydrogen (secondary N) is 1. The highest BCUT2D eigenvalue weighted by atomic mass is 19.1. The average Bonchev–Trinajstić information content (AvgIpc) is 3.59. The fourth-order valence-corrected chi connectivity index (χ4v) is 5.44. The largest absolute Gasteiger partial charge is 0.367 e. The SMILES string of the molecule is Cc1cn2cc(NC(=O)c3ccc(N4CC(C)N(CC5CC5)C(C)C4)c4nccnc34)cc(F)c2n1. The molecule has 2 aliphatic rings. The Kier molecular flexibility index (Phi) is 5.59. The number of nitrogens with zero attached hydrogens (tertiary/aromatic N) is 6. The molecular weight excluding hydrogens is 457 g/mol. The van der Waals surface area contributed by atoms with Crippen molar-refractivity contribution in [2.75, 3.05) is 29.9 Å². The Morgan fingerprint density at radius 1 is 1.08 bits per heavy atom. The van der Waals surface area contributed by atoms with E-state index < -0.39 is 5.82 Å². The molecular formula is C27H30FN7O. The van der Waals surface area contributed by atoms with E-state index >= 15 is 0 Å². The van der Waals surface area contributed by atoms with Crippen LogP contribution in [0.3, 0.4) is 0 Å². The summed E-state index contributed by atoms with van der Waals surface area (Å²) in [6.45, 7) is 9.36. The smallest absolute Gasteiger partial charge is 0.257 e. The second-order valence-electron chi connectivity index (χ2n) is 10.3. The fourth-order valence-electron chi connectivity index (χ4n) is 5.44. The van der Waals surface area contributed by atoms with E-state index in [-0.39, 0.29) is 11.6 Å². The minimum Gasteiger partial charge on any atom is -0.367 e. The van der Waals surface area contributed by atoms with E-state index in [1.807, 2.05) is 6.07 Å². The molecule has 2 atom stereocenters. The van der Waals surface area contributed by atoms with E-state index in [1.54, 1.807) is 42.2 Å². The molecule has 2 unspecified atom stereocenters. The molecule has 1 saturated heterocycles. The summed E-state index contributed by atoms with van der Waals surface area (Å²) >= 11 is 0. The molecule has 1 N–H and O–H groups in total. The van der Waals surface area contributed by atoms with Crippen LogP contribution in [0.4, 0.5) is 15.8 Å². The van der Waals surface area contributed by atoms with Gasteiger partial charge < -0.3 is 14.6 Å². The van der Waals surface area contributed by atoms with Crippen LogP contribution in [0.25, 0.3) is 16.7 Å². The van der Waals surface area contributed by atoms with Crippen molar-refractivity contribution in [3.8, 4) is 0 Å². The number of carbonyl (C=O) groups is 1. The molecule has 8 nitrogen and oxygen atoms in total. The number of rotatable bonds is 5. The number of aromatic nitrogens is 4. The van der Waals surface area contributed by atoms with Gasteiger partial charge in [-0.3, -0.25) is 19.7 Å². The molecule has 186 valence electrons. The first kappa shape index (κ1) is 22.8.